The Morgan fingerprint density at radius 1 is 0.889 bits per heavy atom. The molecule has 0 aliphatic heterocycles. The van der Waals surface area contributed by atoms with Crippen molar-refractivity contribution in [1.29, 1.82) is 0 Å². The molecule has 2 fully saturated rings. The fourth-order valence-electron chi connectivity index (χ4n) is 5.23. The number of hydrogen-bond acceptors (Lipinski definition) is 2. The smallest absolute Gasteiger partial charge is 0.161 e. The van der Waals surface area contributed by atoms with Crippen LogP contribution in [0.15, 0.2) is 47.6 Å². The van der Waals surface area contributed by atoms with Gasteiger partial charge in [0.05, 0.1) is 0 Å². The molecule has 1 aromatic rings. The van der Waals surface area contributed by atoms with Crippen molar-refractivity contribution >= 4 is 17.6 Å². The quantitative estimate of drug-likeness (QED) is 0.492. The minimum absolute atomic E-state index is 0.0491. The molecule has 0 unspecified atom stereocenters. The van der Waals surface area contributed by atoms with Crippen LogP contribution in [0.2, 0.25) is 0 Å². The van der Waals surface area contributed by atoms with Crippen LogP contribution in [-0.2, 0) is 9.59 Å². The molecule has 0 bridgehead atoms. The van der Waals surface area contributed by atoms with E-state index < -0.39 is 0 Å². The highest BCUT2D eigenvalue weighted by Gasteiger charge is 2.38. The Morgan fingerprint density at radius 3 is 2.52 bits per heavy atom. The van der Waals surface area contributed by atoms with Crippen molar-refractivity contribution in [3.8, 4) is 0 Å². The van der Waals surface area contributed by atoms with E-state index in [0.29, 0.717) is 5.78 Å². The lowest BCUT2D eigenvalue weighted by Gasteiger charge is -2.31. The van der Waals surface area contributed by atoms with Crippen molar-refractivity contribution in [3.63, 3.8) is 0 Å². The van der Waals surface area contributed by atoms with Gasteiger partial charge in [-0.1, -0.05) is 48.4 Å². The molecule has 3 aliphatic rings. The van der Waals surface area contributed by atoms with Crippen molar-refractivity contribution in [2.75, 3.05) is 0 Å². The van der Waals surface area contributed by atoms with Crippen molar-refractivity contribution in [3.05, 3.63) is 53.1 Å². The summed E-state index contributed by atoms with van der Waals surface area (Å²) >= 11 is 0. The SMILES string of the molecule is O=C1/C(=C/c2ccccc2)CC[C@H]1C[C@@H]1CCC[C@@H](C2=CCCCC2)C1=O. The minimum Gasteiger partial charge on any atom is -0.299 e. The van der Waals surface area contributed by atoms with Gasteiger partial charge in [0.2, 0.25) is 0 Å². The van der Waals surface area contributed by atoms with Crippen molar-refractivity contribution in [2.45, 2.75) is 64.2 Å². The fourth-order valence-corrected chi connectivity index (χ4v) is 5.23. The molecule has 0 radical (unpaired) electrons. The molecule has 0 spiro atoms. The number of rotatable bonds is 4. The van der Waals surface area contributed by atoms with E-state index in [2.05, 4.69) is 6.08 Å². The maximum atomic E-state index is 13.1. The molecule has 4 rings (SSSR count). The van der Waals surface area contributed by atoms with Gasteiger partial charge in [0.25, 0.3) is 0 Å². The second-order valence-corrected chi connectivity index (χ2v) is 8.52. The first-order valence-electron chi connectivity index (χ1n) is 10.7. The van der Waals surface area contributed by atoms with Crippen LogP contribution in [0.3, 0.4) is 0 Å². The maximum absolute atomic E-state index is 13.1. The number of carbonyl (C=O) groups excluding carboxylic acids is 2. The summed E-state index contributed by atoms with van der Waals surface area (Å²) in [6.07, 6.45) is 14.8. The highest BCUT2D eigenvalue weighted by atomic mass is 16.1. The first-order valence-corrected chi connectivity index (χ1v) is 10.7. The Bertz CT molecular complexity index is 756. The van der Waals surface area contributed by atoms with E-state index >= 15 is 0 Å². The molecule has 27 heavy (non-hydrogen) atoms. The van der Waals surface area contributed by atoms with Crippen LogP contribution in [-0.4, -0.2) is 11.6 Å². The second kappa shape index (κ2) is 8.37. The van der Waals surface area contributed by atoms with Gasteiger partial charge in [0.1, 0.15) is 5.78 Å². The molecular formula is C25H30O2. The number of hydrogen-bond donors (Lipinski definition) is 0. The Labute approximate surface area is 162 Å². The zero-order valence-corrected chi connectivity index (χ0v) is 16.2. The first-order chi connectivity index (χ1) is 13.2. The maximum Gasteiger partial charge on any atom is 0.161 e. The van der Waals surface area contributed by atoms with Crippen LogP contribution >= 0.6 is 0 Å². The Hall–Kier alpha value is -1.96. The van der Waals surface area contributed by atoms with Gasteiger partial charge in [-0.2, -0.15) is 0 Å². The number of carbonyl (C=O) groups is 2. The summed E-state index contributed by atoms with van der Waals surface area (Å²) < 4.78 is 0. The predicted octanol–water partition coefficient (Wildman–Crippen LogP) is 5.93. The van der Waals surface area contributed by atoms with Crippen LogP contribution in [0, 0.1) is 17.8 Å². The number of benzene rings is 1. The molecule has 3 aliphatic carbocycles. The fraction of sp³-hybridized carbons (Fsp3) is 0.520. The molecule has 2 nitrogen and oxygen atoms in total. The van der Waals surface area contributed by atoms with E-state index in [4.69, 9.17) is 0 Å². The largest absolute Gasteiger partial charge is 0.299 e. The molecule has 0 amide bonds. The van der Waals surface area contributed by atoms with Crippen molar-refractivity contribution in [2.24, 2.45) is 17.8 Å². The topological polar surface area (TPSA) is 34.1 Å². The number of Topliss-reactive ketones (excluding diaryl/α,β-unsaturated/α-hetero) is 2. The first kappa shape index (κ1) is 18.4. The van der Waals surface area contributed by atoms with Crippen LogP contribution < -0.4 is 0 Å². The normalized spacial score (nSPS) is 30.6. The standard InChI is InChI=1S/C25H30O2/c26-24-21(16-18-8-3-1-4-9-18)14-15-22(24)17-20-12-7-13-23(25(20)27)19-10-5-2-6-11-19/h1,3-4,8-10,16,20,22-23H,2,5-7,11-15,17H2/b21-16+/t20-,22-,23-/m0/s1. The highest BCUT2D eigenvalue weighted by Crippen LogP contribution is 2.40. The summed E-state index contributed by atoms with van der Waals surface area (Å²) in [5.74, 6) is 1.01. The molecule has 2 heteroatoms. The molecule has 0 saturated heterocycles. The minimum atomic E-state index is 0.0491. The van der Waals surface area contributed by atoms with Gasteiger partial charge in [-0.15, -0.1) is 0 Å². The van der Waals surface area contributed by atoms with E-state index in [1.807, 2.05) is 36.4 Å². The summed E-state index contributed by atoms with van der Waals surface area (Å²) in [6, 6.07) is 10.1. The third-order valence-corrected chi connectivity index (χ3v) is 6.72. The average molecular weight is 363 g/mol. The van der Waals surface area contributed by atoms with Gasteiger partial charge in [0, 0.05) is 17.8 Å². The van der Waals surface area contributed by atoms with E-state index in [9.17, 15) is 9.59 Å². The Morgan fingerprint density at radius 2 is 1.74 bits per heavy atom. The molecule has 2 saturated carbocycles. The van der Waals surface area contributed by atoms with Gasteiger partial charge >= 0.3 is 0 Å². The van der Waals surface area contributed by atoms with Crippen LogP contribution in [0.4, 0.5) is 0 Å². The monoisotopic (exact) mass is 362 g/mol. The van der Waals surface area contributed by atoms with Crippen LogP contribution in [0.25, 0.3) is 6.08 Å². The van der Waals surface area contributed by atoms with E-state index in [1.54, 1.807) is 0 Å². The van der Waals surface area contributed by atoms with Crippen molar-refractivity contribution in [1.82, 2.24) is 0 Å². The van der Waals surface area contributed by atoms with Gasteiger partial charge in [-0.3, -0.25) is 9.59 Å². The molecule has 0 aromatic heterocycles. The third kappa shape index (κ3) is 4.15. The summed E-state index contributed by atoms with van der Waals surface area (Å²) in [4.78, 5) is 26.0. The molecule has 1 aromatic carbocycles. The van der Waals surface area contributed by atoms with Gasteiger partial charge in [-0.05, 0) is 75.0 Å². The van der Waals surface area contributed by atoms with Crippen LogP contribution in [0.5, 0.6) is 0 Å². The van der Waals surface area contributed by atoms with Gasteiger partial charge in [-0.25, -0.2) is 0 Å². The Balaban J connectivity index is 1.41. The molecule has 3 atom stereocenters. The summed E-state index contributed by atoms with van der Waals surface area (Å²) in [5.41, 5.74) is 3.44. The molecule has 0 heterocycles. The van der Waals surface area contributed by atoms with E-state index in [-0.39, 0.29) is 23.5 Å². The molecular weight excluding hydrogens is 332 g/mol. The Kier molecular flexibility index (Phi) is 5.71. The van der Waals surface area contributed by atoms with Crippen LogP contribution in [0.1, 0.15) is 69.8 Å². The molecule has 142 valence electrons. The van der Waals surface area contributed by atoms with Gasteiger partial charge in [0.15, 0.2) is 5.78 Å². The predicted molar refractivity (Wildman–Crippen MR) is 109 cm³/mol. The number of allylic oxidation sites excluding steroid dienone is 3. The lowest BCUT2D eigenvalue weighted by atomic mass is 9.71. The van der Waals surface area contributed by atoms with Crippen molar-refractivity contribution < 1.29 is 9.59 Å². The zero-order valence-electron chi connectivity index (χ0n) is 16.2. The van der Waals surface area contributed by atoms with Gasteiger partial charge < -0.3 is 0 Å². The third-order valence-electron chi connectivity index (χ3n) is 6.72. The zero-order chi connectivity index (χ0) is 18.6. The summed E-state index contributed by atoms with van der Waals surface area (Å²) in [5, 5.41) is 0. The second-order valence-electron chi connectivity index (χ2n) is 8.52. The van der Waals surface area contributed by atoms with E-state index in [1.165, 1.54) is 18.4 Å². The van der Waals surface area contributed by atoms with E-state index in [0.717, 1.165) is 62.5 Å². The molecule has 0 N–H and O–H groups in total. The summed E-state index contributed by atoms with van der Waals surface area (Å²) in [7, 11) is 0. The average Bonchev–Trinajstić information content (AvgIpc) is 3.04. The number of ketones is 2. The summed E-state index contributed by atoms with van der Waals surface area (Å²) in [6.45, 7) is 0. The highest BCUT2D eigenvalue weighted by molar-refractivity contribution is 6.03. The lowest BCUT2D eigenvalue weighted by molar-refractivity contribution is -0.129. The lowest BCUT2D eigenvalue weighted by Crippen LogP contribution is -2.32.